The predicted molar refractivity (Wildman–Crippen MR) is 79.7 cm³/mol. The molecule has 3 nitrogen and oxygen atoms in total. The van der Waals surface area contributed by atoms with Crippen LogP contribution in [-0.2, 0) is 12.8 Å². The molecule has 1 aromatic carbocycles. The van der Waals surface area contributed by atoms with Crippen molar-refractivity contribution in [3.05, 3.63) is 29.3 Å². The van der Waals surface area contributed by atoms with Gasteiger partial charge in [0, 0.05) is 6.04 Å². The lowest BCUT2D eigenvalue weighted by atomic mass is 9.92. The maximum atomic E-state index is 5.95. The summed E-state index contributed by atoms with van der Waals surface area (Å²) < 4.78 is 5.95. The summed E-state index contributed by atoms with van der Waals surface area (Å²) in [5.74, 6) is 1.00. The van der Waals surface area contributed by atoms with Crippen LogP contribution in [0.2, 0.25) is 0 Å². The highest BCUT2D eigenvalue weighted by Gasteiger charge is 2.13. The number of nitrogens with zero attached hydrogens (tertiary/aromatic N) is 1. The zero-order valence-electron chi connectivity index (χ0n) is 12.2. The molecular formula is C16H26N2O. The van der Waals surface area contributed by atoms with E-state index in [-0.39, 0.29) is 0 Å². The number of hydrogen-bond acceptors (Lipinski definition) is 3. The van der Waals surface area contributed by atoms with Gasteiger partial charge in [-0.1, -0.05) is 6.07 Å². The second-order valence-corrected chi connectivity index (χ2v) is 5.64. The molecule has 0 aliphatic heterocycles. The fraction of sp³-hybridized carbons (Fsp3) is 0.625. The van der Waals surface area contributed by atoms with Crippen molar-refractivity contribution >= 4 is 0 Å². The number of likely N-dealkylation sites (N-methyl/N-ethyl adjacent to an activating group) is 1. The molecule has 1 aliphatic rings. The fourth-order valence-corrected chi connectivity index (χ4v) is 2.68. The van der Waals surface area contributed by atoms with Gasteiger partial charge in [0.05, 0.1) is 0 Å². The Bertz CT molecular complexity index is 404. The van der Waals surface area contributed by atoms with Crippen LogP contribution in [-0.4, -0.2) is 38.2 Å². The molecular weight excluding hydrogens is 236 g/mol. The summed E-state index contributed by atoms with van der Waals surface area (Å²) >= 11 is 0. The molecule has 19 heavy (non-hydrogen) atoms. The van der Waals surface area contributed by atoms with Crippen LogP contribution in [0.15, 0.2) is 18.2 Å². The number of fused-ring (bicyclic) bond motifs is 1. The van der Waals surface area contributed by atoms with Gasteiger partial charge in [-0.3, -0.25) is 0 Å². The molecule has 1 aromatic rings. The lowest BCUT2D eigenvalue weighted by Gasteiger charge is -2.24. The van der Waals surface area contributed by atoms with Crippen molar-refractivity contribution in [3.8, 4) is 5.75 Å². The Labute approximate surface area is 116 Å². The van der Waals surface area contributed by atoms with Gasteiger partial charge in [0.1, 0.15) is 12.4 Å². The van der Waals surface area contributed by atoms with Crippen molar-refractivity contribution in [2.24, 2.45) is 5.73 Å². The van der Waals surface area contributed by atoms with Crippen molar-refractivity contribution in [1.29, 1.82) is 0 Å². The first-order chi connectivity index (χ1) is 9.20. The van der Waals surface area contributed by atoms with E-state index in [1.807, 2.05) is 0 Å². The highest BCUT2D eigenvalue weighted by atomic mass is 16.5. The molecule has 1 unspecified atom stereocenters. The quantitative estimate of drug-likeness (QED) is 0.854. The Morgan fingerprint density at radius 2 is 1.95 bits per heavy atom. The molecule has 1 aliphatic carbocycles. The molecule has 0 saturated carbocycles. The molecule has 0 spiro atoms. The third-order valence-electron chi connectivity index (χ3n) is 3.99. The summed E-state index contributed by atoms with van der Waals surface area (Å²) in [4.78, 5) is 2.19. The first kappa shape index (κ1) is 14.4. The maximum absolute atomic E-state index is 5.95. The molecule has 2 rings (SSSR count). The van der Waals surface area contributed by atoms with Crippen LogP contribution < -0.4 is 10.5 Å². The molecule has 0 amide bonds. The number of aryl methyl sites for hydroxylation is 2. The second-order valence-electron chi connectivity index (χ2n) is 5.64. The molecule has 0 aromatic heterocycles. The summed E-state index contributed by atoms with van der Waals surface area (Å²) in [6, 6.07) is 6.96. The van der Waals surface area contributed by atoms with Crippen LogP contribution in [0.25, 0.3) is 0 Å². The SMILES string of the molecule is CN(C)C(CCN)COc1ccc2c(c1)CCCC2. The van der Waals surface area contributed by atoms with E-state index in [4.69, 9.17) is 10.5 Å². The van der Waals surface area contributed by atoms with E-state index < -0.39 is 0 Å². The van der Waals surface area contributed by atoms with E-state index in [0.717, 1.165) is 12.2 Å². The van der Waals surface area contributed by atoms with Crippen molar-refractivity contribution in [3.63, 3.8) is 0 Å². The molecule has 0 fully saturated rings. The average Bonchev–Trinajstić information content (AvgIpc) is 2.43. The van der Waals surface area contributed by atoms with Gasteiger partial charge in [-0.25, -0.2) is 0 Å². The number of ether oxygens (including phenoxy) is 1. The third kappa shape index (κ3) is 3.95. The molecule has 106 valence electrons. The fourth-order valence-electron chi connectivity index (χ4n) is 2.68. The van der Waals surface area contributed by atoms with Gasteiger partial charge < -0.3 is 15.4 Å². The standard InChI is InChI=1S/C16H26N2O/c1-18(2)15(9-10-17)12-19-16-8-7-13-5-3-4-6-14(13)11-16/h7-8,11,15H,3-6,9-10,12,17H2,1-2H3. The minimum atomic E-state index is 0.390. The summed E-state index contributed by atoms with van der Waals surface area (Å²) in [5, 5.41) is 0. The normalized spacial score (nSPS) is 16.2. The highest BCUT2D eigenvalue weighted by molar-refractivity contribution is 5.37. The van der Waals surface area contributed by atoms with Gasteiger partial charge in [-0.15, -0.1) is 0 Å². The van der Waals surface area contributed by atoms with Crippen LogP contribution in [0, 0.1) is 0 Å². The zero-order valence-corrected chi connectivity index (χ0v) is 12.2. The summed E-state index contributed by atoms with van der Waals surface area (Å²) in [6.45, 7) is 1.42. The summed E-state index contributed by atoms with van der Waals surface area (Å²) in [6.07, 6.45) is 6.03. The van der Waals surface area contributed by atoms with Gasteiger partial charge >= 0.3 is 0 Å². The van der Waals surface area contributed by atoms with Gasteiger partial charge in [-0.2, -0.15) is 0 Å². The molecule has 0 saturated heterocycles. The monoisotopic (exact) mass is 262 g/mol. The molecule has 0 radical (unpaired) electrons. The largest absolute Gasteiger partial charge is 0.492 e. The van der Waals surface area contributed by atoms with Gasteiger partial charge in [0.2, 0.25) is 0 Å². The zero-order chi connectivity index (χ0) is 13.7. The average molecular weight is 262 g/mol. The van der Waals surface area contributed by atoms with Crippen molar-refractivity contribution in [2.45, 2.75) is 38.1 Å². The minimum Gasteiger partial charge on any atom is -0.492 e. The Morgan fingerprint density at radius 1 is 1.21 bits per heavy atom. The van der Waals surface area contributed by atoms with Crippen LogP contribution in [0.1, 0.15) is 30.4 Å². The molecule has 1 atom stereocenters. The maximum Gasteiger partial charge on any atom is 0.119 e. The Balaban J connectivity index is 1.95. The van der Waals surface area contributed by atoms with Crippen LogP contribution in [0.3, 0.4) is 0 Å². The summed E-state index contributed by atoms with van der Waals surface area (Å²) in [7, 11) is 4.16. The lowest BCUT2D eigenvalue weighted by Crippen LogP contribution is -2.35. The van der Waals surface area contributed by atoms with E-state index in [1.54, 1.807) is 0 Å². The Kier molecular flexibility index (Phi) is 5.23. The second kappa shape index (κ2) is 6.92. The van der Waals surface area contributed by atoms with Crippen molar-refractivity contribution in [1.82, 2.24) is 4.90 Å². The number of nitrogens with two attached hydrogens (primary N) is 1. The van der Waals surface area contributed by atoms with Crippen LogP contribution in [0.5, 0.6) is 5.75 Å². The smallest absolute Gasteiger partial charge is 0.119 e. The first-order valence-corrected chi connectivity index (χ1v) is 7.32. The van der Waals surface area contributed by atoms with Gasteiger partial charge in [0.15, 0.2) is 0 Å². The van der Waals surface area contributed by atoms with Crippen molar-refractivity contribution < 1.29 is 4.74 Å². The van der Waals surface area contributed by atoms with Crippen LogP contribution in [0.4, 0.5) is 0 Å². The molecule has 3 heteroatoms. The number of rotatable bonds is 6. The molecule has 0 bridgehead atoms. The topological polar surface area (TPSA) is 38.5 Å². The van der Waals surface area contributed by atoms with E-state index in [0.29, 0.717) is 19.2 Å². The van der Waals surface area contributed by atoms with E-state index in [1.165, 1.54) is 36.8 Å². The minimum absolute atomic E-state index is 0.390. The first-order valence-electron chi connectivity index (χ1n) is 7.32. The lowest BCUT2D eigenvalue weighted by molar-refractivity contribution is 0.179. The Morgan fingerprint density at radius 3 is 2.63 bits per heavy atom. The molecule has 2 N–H and O–H groups in total. The number of hydrogen-bond donors (Lipinski definition) is 1. The highest BCUT2D eigenvalue weighted by Crippen LogP contribution is 2.25. The van der Waals surface area contributed by atoms with E-state index in [2.05, 4.69) is 37.2 Å². The molecule has 0 heterocycles. The van der Waals surface area contributed by atoms with E-state index >= 15 is 0 Å². The van der Waals surface area contributed by atoms with Crippen LogP contribution >= 0.6 is 0 Å². The number of benzene rings is 1. The predicted octanol–water partition coefficient (Wildman–Crippen LogP) is 2.22. The van der Waals surface area contributed by atoms with Gasteiger partial charge in [0.25, 0.3) is 0 Å². The third-order valence-corrected chi connectivity index (χ3v) is 3.99. The Hall–Kier alpha value is -1.06. The summed E-state index contributed by atoms with van der Waals surface area (Å²) in [5.41, 5.74) is 8.63. The van der Waals surface area contributed by atoms with Crippen molar-refractivity contribution in [2.75, 3.05) is 27.2 Å². The van der Waals surface area contributed by atoms with Gasteiger partial charge in [-0.05, 0) is 76.0 Å². The van der Waals surface area contributed by atoms with E-state index in [9.17, 15) is 0 Å².